The molecule has 22 heavy (non-hydrogen) atoms. The lowest BCUT2D eigenvalue weighted by Gasteiger charge is -2.10. The first-order chi connectivity index (χ1) is 10.6. The molecule has 0 amide bonds. The number of aromatic nitrogens is 1. The highest BCUT2D eigenvalue weighted by Crippen LogP contribution is 2.33. The molecule has 112 valence electrons. The van der Waals surface area contributed by atoms with Crippen LogP contribution in [0.3, 0.4) is 0 Å². The number of hydrogen-bond donors (Lipinski definition) is 3. The van der Waals surface area contributed by atoms with Gasteiger partial charge in [-0.05, 0) is 29.7 Å². The van der Waals surface area contributed by atoms with Crippen molar-refractivity contribution in [3.63, 3.8) is 0 Å². The number of H-pyrrole nitrogens is 1. The van der Waals surface area contributed by atoms with Gasteiger partial charge in [0.25, 0.3) is 0 Å². The molecule has 3 aromatic rings. The molecule has 0 fully saturated rings. The molecule has 4 N–H and O–H groups in total. The number of fused-ring (bicyclic) bond motifs is 1. The molecule has 0 saturated heterocycles. The standard InChI is InChI=1S/C18H18N2O2/c1-11-14(10-15(19)18(21)22)17-13(8-5-9-16(17)20-11)12-6-3-2-4-7-12/h2-9,15,20H,10,19H2,1H3,(H,21,22). The lowest BCUT2D eigenvalue weighted by molar-refractivity contribution is -0.138. The molecule has 3 rings (SSSR count). The summed E-state index contributed by atoms with van der Waals surface area (Å²) in [6.07, 6.45) is 0.311. The fourth-order valence-electron chi connectivity index (χ4n) is 2.87. The predicted molar refractivity (Wildman–Crippen MR) is 87.8 cm³/mol. The van der Waals surface area contributed by atoms with Crippen LogP contribution < -0.4 is 5.73 Å². The average Bonchev–Trinajstić information content (AvgIpc) is 2.84. The van der Waals surface area contributed by atoms with Crippen molar-refractivity contribution >= 4 is 16.9 Å². The van der Waals surface area contributed by atoms with Crippen molar-refractivity contribution in [2.45, 2.75) is 19.4 Å². The minimum atomic E-state index is -0.981. The van der Waals surface area contributed by atoms with E-state index in [-0.39, 0.29) is 0 Å². The van der Waals surface area contributed by atoms with E-state index < -0.39 is 12.0 Å². The Morgan fingerprint density at radius 1 is 1.18 bits per heavy atom. The first-order valence-electron chi connectivity index (χ1n) is 7.22. The number of nitrogens with one attached hydrogen (secondary N) is 1. The van der Waals surface area contributed by atoms with Gasteiger partial charge < -0.3 is 15.8 Å². The van der Waals surface area contributed by atoms with E-state index in [1.54, 1.807) is 0 Å². The molecule has 4 nitrogen and oxygen atoms in total. The van der Waals surface area contributed by atoms with Gasteiger partial charge >= 0.3 is 5.97 Å². The Balaban J connectivity index is 2.20. The topological polar surface area (TPSA) is 79.1 Å². The largest absolute Gasteiger partial charge is 0.480 e. The van der Waals surface area contributed by atoms with Crippen LogP contribution in [0.15, 0.2) is 48.5 Å². The number of hydrogen-bond acceptors (Lipinski definition) is 2. The van der Waals surface area contributed by atoms with Gasteiger partial charge in [-0.2, -0.15) is 0 Å². The maximum Gasteiger partial charge on any atom is 0.320 e. The number of benzene rings is 2. The Hall–Kier alpha value is -2.59. The highest BCUT2D eigenvalue weighted by atomic mass is 16.4. The van der Waals surface area contributed by atoms with Crippen LogP contribution in [-0.4, -0.2) is 22.1 Å². The van der Waals surface area contributed by atoms with Crippen LogP contribution in [0.5, 0.6) is 0 Å². The number of aliphatic carboxylic acids is 1. The van der Waals surface area contributed by atoms with E-state index in [0.717, 1.165) is 33.3 Å². The number of rotatable bonds is 4. The summed E-state index contributed by atoms with van der Waals surface area (Å²) >= 11 is 0. The van der Waals surface area contributed by atoms with E-state index in [9.17, 15) is 4.79 Å². The van der Waals surface area contributed by atoms with E-state index in [4.69, 9.17) is 10.8 Å². The van der Waals surface area contributed by atoms with Gasteiger partial charge in [-0.25, -0.2) is 0 Å². The van der Waals surface area contributed by atoms with Crippen molar-refractivity contribution in [2.24, 2.45) is 5.73 Å². The predicted octanol–water partition coefficient (Wildman–Crippen LogP) is 3.10. The van der Waals surface area contributed by atoms with Crippen LogP contribution in [0.25, 0.3) is 22.0 Å². The molecule has 4 heteroatoms. The monoisotopic (exact) mass is 294 g/mol. The Morgan fingerprint density at radius 3 is 2.59 bits per heavy atom. The zero-order valence-corrected chi connectivity index (χ0v) is 12.3. The van der Waals surface area contributed by atoms with E-state index in [0.29, 0.717) is 6.42 Å². The van der Waals surface area contributed by atoms with Crippen LogP contribution in [0.1, 0.15) is 11.3 Å². The number of carboxylic acids is 1. The summed E-state index contributed by atoms with van der Waals surface area (Å²) in [7, 11) is 0. The summed E-state index contributed by atoms with van der Waals surface area (Å²) in [5.74, 6) is -0.981. The minimum Gasteiger partial charge on any atom is -0.480 e. The molecule has 0 saturated carbocycles. The Labute approximate surface area is 128 Å². The zero-order valence-electron chi connectivity index (χ0n) is 12.3. The fourth-order valence-corrected chi connectivity index (χ4v) is 2.87. The molecule has 0 aliphatic rings. The third kappa shape index (κ3) is 2.49. The second-order valence-corrected chi connectivity index (χ2v) is 5.47. The third-order valence-corrected chi connectivity index (χ3v) is 3.97. The van der Waals surface area contributed by atoms with Gasteiger partial charge in [0.15, 0.2) is 0 Å². The molecule has 0 aliphatic carbocycles. The molecule has 0 radical (unpaired) electrons. The Kier molecular flexibility index (Phi) is 3.69. The van der Waals surface area contributed by atoms with Gasteiger partial charge in [-0.3, -0.25) is 4.79 Å². The molecule has 1 heterocycles. The van der Waals surface area contributed by atoms with Crippen molar-refractivity contribution in [2.75, 3.05) is 0 Å². The summed E-state index contributed by atoms with van der Waals surface area (Å²) in [5, 5.41) is 10.2. The number of aromatic amines is 1. The fraction of sp³-hybridized carbons (Fsp3) is 0.167. The molecule has 0 aliphatic heterocycles. The van der Waals surface area contributed by atoms with Gasteiger partial charge in [0, 0.05) is 23.0 Å². The average molecular weight is 294 g/mol. The van der Waals surface area contributed by atoms with E-state index in [2.05, 4.69) is 23.2 Å². The third-order valence-electron chi connectivity index (χ3n) is 3.97. The normalized spacial score (nSPS) is 12.5. The second kappa shape index (κ2) is 5.66. The Morgan fingerprint density at radius 2 is 1.91 bits per heavy atom. The Bertz CT molecular complexity index is 822. The minimum absolute atomic E-state index is 0.311. The summed E-state index contributed by atoms with van der Waals surface area (Å²) < 4.78 is 0. The van der Waals surface area contributed by atoms with E-state index >= 15 is 0 Å². The number of aryl methyl sites for hydroxylation is 1. The zero-order chi connectivity index (χ0) is 15.7. The number of carbonyl (C=O) groups is 1. The lowest BCUT2D eigenvalue weighted by Crippen LogP contribution is -2.32. The maximum absolute atomic E-state index is 11.1. The summed E-state index contributed by atoms with van der Waals surface area (Å²) in [4.78, 5) is 14.4. The quantitative estimate of drug-likeness (QED) is 0.691. The molecular formula is C18H18N2O2. The molecule has 1 atom stereocenters. The van der Waals surface area contributed by atoms with Crippen molar-refractivity contribution in [1.29, 1.82) is 0 Å². The van der Waals surface area contributed by atoms with E-state index in [1.165, 1.54) is 0 Å². The van der Waals surface area contributed by atoms with Gasteiger partial charge in [-0.1, -0.05) is 42.5 Å². The first-order valence-corrected chi connectivity index (χ1v) is 7.22. The van der Waals surface area contributed by atoms with Crippen LogP contribution in [0.4, 0.5) is 0 Å². The molecular weight excluding hydrogens is 276 g/mol. The summed E-state index contributed by atoms with van der Waals surface area (Å²) in [6.45, 7) is 1.96. The van der Waals surface area contributed by atoms with Crippen LogP contribution in [0, 0.1) is 6.92 Å². The number of nitrogens with two attached hydrogens (primary N) is 1. The molecule has 2 aromatic carbocycles. The van der Waals surface area contributed by atoms with Crippen molar-refractivity contribution < 1.29 is 9.90 Å². The summed E-state index contributed by atoms with van der Waals surface area (Å²) in [5.41, 5.74) is 10.9. The van der Waals surface area contributed by atoms with Gasteiger partial charge in [0.05, 0.1) is 0 Å². The molecule has 1 unspecified atom stereocenters. The van der Waals surface area contributed by atoms with Gasteiger partial charge in [0.1, 0.15) is 6.04 Å². The molecule has 0 spiro atoms. The smallest absolute Gasteiger partial charge is 0.320 e. The first kappa shape index (κ1) is 14.4. The van der Waals surface area contributed by atoms with E-state index in [1.807, 2.05) is 37.3 Å². The lowest BCUT2D eigenvalue weighted by atomic mass is 9.95. The van der Waals surface area contributed by atoms with Gasteiger partial charge in [-0.15, -0.1) is 0 Å². The molecule has 0 bridgehead atoms. The number of carboxylic acid groups (broad SMARTS) is 1. The maximum atomic E-state index is 11.1. The highest BCUT2D eigenvalue weighted by Gasteiger charge is 2.19. The molecule has 1 aromatic heterocycles. The van der Waals surface area contributed by atoms with Crippen LogP contribution in [0.2, 0.25) is 0 Å². The SMILES string of the molecule is Cc1[nH]c2cccc(-c3ccccc3)c2c1CC(N)C(=O)O. The van der Waals surface area contributed by atoms with Gasteiger partial charge in [0.2, 0.25) is 0 Å². The van der Waals surface area contributed by atoms with Crippen molar-refractivity contribution in [1.82, 2.24) is 4.98 Å². The highest BCUT2D eigenvalue weighted by molar-refractivity contribution is 5.98. The van der Waals surface area contributed by atoms with Crippen molar-refractivity contribution in [3.05, 3.63) is 59.8 Å². The van der Waals surface area contributed by atoms with Crippen LogP contribution >= 0.6 is 0 Å². The van der Waals surface area contributed by atoms with Crippen molar-refractivity contribution in [3.8, 4) is 11.1 Å². The summed E-state index contributed by atoms with van der Waals surface area (Å²) in [6, 6.07) is 15.2. The second-order valence-electron chi connectivity index (χ2n) is 5.47. The van der Waals surface area contributed by atoms with Crippen LogP contribution in [-0.2, 0) is 11.2 Å².